The molecule has 0 bridgehead atoms. The number of methoxy groups -OCH3 is 1. The summed E-state index contributed by atoms with van der Waals surface area (Å²) in [7, 11) is 1.63. The van der Waals surface area contributed by atoms with Crippen LogP contribution in [0.5, 0.6) is 11.5 Å². The molecule has 4 aromatic rings. The van der Waals surface area contributed by atoms with Crippen molar-refractivity contribution in [2.24, 2.45) is 0 Å². The molecule has 34 heavy (non-hydrogen) atoms. The summed E-state index contributed by atoms with van der Waals surface area (Å²) in [4.78, 5) is 16.6. The number of nitrogens with zero attached hydrogens (tertiary/aromatic N) is 1. The number of carbonyl (C=O) groups excluding carboxylic acids is 1. The molecule has 0 radical (unpaired) electrons. The molecule has 0 spiro atoms. The van der Waals surface area contributed by atoms with Crippen molar-refractivity contribution < 1.29 is 18.7 Å². The zero-order chi connectivity index (χ0) is 24.1. The number of pyridine rings is 1. The van der Waals surface area contributed by atoms with E-state index < -0.39 is 0 Å². The SMILES string of the molecule is CCOc1ccc(-c2coc3c(C)c(OC)c(/C(C)=C/C(=O)NCc4ccncc4)cc23)cc1. The minimum absolute atomic E-state index is 0.173. The summed E-state index contributed by atoms with van der Waals surface area (Å²) in [6.07, 6.45) is 6.77. The average molecular weight is 457 g/mol. The Labute approximate surface area is 199 Å². The van der Waals surface area contributed by atoms with Gasteiger partial charge in [-0.25, -0.2) is 0 Å². The van der Waals surface area contributed by atoms with Crippen LogP contribution < -0.4 is 14.8 Å². The Morgan fingerprint density at radius 3 is 2.56 bits per heavy atom. The van der Waals surface area contributed by atoms with E-state index in [1.54, 1.807) is 31.8 Å². The van der Waals surface area contributed by atoms with Crippen LogP contribution in [0.1, 0.15) is 30.5 Å². The lowest BCUT2D eigenvalue weighted by Crippen LogP contribution is -2.20. The molecule has 2 aromatic heterocycles. The summed E-state index contributed by atoms with van der Waals surface area (Å²) in [6, 6.07) is 13.7. The van der Waals surface area contributed by atoms with Crippen molar-refractivity contribution >= 4 is 22.4 Å². The molecule has 4 rings (SSSR count). The second kappa shape index (κ2) is 10.3. The molecule has 0 saturated heterocycles. The lowest BCUT2D eigenvalue weighted by atomic mass is 9.96. The topological polar surface area (TPSA) is 73.6 Å². The van der Waals surface area contributed by atoms with Crippen LogP contribution in [-0.4, -0.2) is 24.6 Å². The van der Waals surface area contributed by atoms with E-state index in [1.165, 1.54) is 0 Å². The van der Waals surface area contributed by atoms with Crippen LogP contribution in [0.3, 0.4) is 0 Å². The van der Waals surface area contributed by atoms with E-state index in [2.05, 4.69) is 10.3 Å². The molecule has 2 heterocycles. The van der Waals surface area contributed by atoms with Gasteiger partial charge < -0.3 is 19.2 Å². The van der Waals surface area contributed by atoms with Crippen molar-refractivity contribution in [3.05, 3.63) is 83.9 Å². The highest BCUT2D eigenvalue weighted by Gasteiger charge is 2.19. The standard InChI is InChI=1S/C28H28N2O4/c1-5-33-22-8-6-21(7-9-22)25-17-34-28-19(3)27(32-4)23(15-24(25)28)18(2)14-26(31)30-16-20-10-12-29-13-11-20/h6-15,17H,5,16H2,1-4H3,(H,30,31)/b18-14+. The number of hydrogen-bond acceptors (Lipinski definition) is 5. The molecule has 6 heteroatoms. The van der Waals surface area contributed by atoms with Crippen LogP contribution >= 0.6 is 0 Å². The third kappa shape index (κ3) is 4.81. The molecule has 0 aliphatic rings. The van der Waals surface area contributed by atoms with Gasteiger partial charge in [0.05, 0.1) is 20.0 Å². The molecule has 0 fully saturated rings. The number of nitrogens with one attached hydrogen (secondary N) is 1. The largest absolute Gasteiger partial charge is 0.496 e. The van der Waals surface area contributed by atoms with Gasteiger partial charge in [0.1, 0.15) is 17.1 Å². The molecule has 174 valence electrons. The number of carbonyl (C=O) groups is 1. The quantitative estimate of drug-likeness (QED) is 0.333. The summed E-state index contributed by atoms with van der Waals surface area (Å²) in [5.74, 6) is 1.35. The molecule has 0 unspecified atom stereocenters. The van der Waals surface area contributed by atoms with E-state index in [4.69, 9.17) is 13.9 Å². The van der Waals surface area contributed by atoms with Crippen molar-refractivity contribution in [1.82, 2.24) is 10.3 Å². The highest BCUT2D eigenvalue weighted by molar-refractivity contribution is 6.01. The number of hydrogen-bond donors (Lipinski definition) is 1. The van der Waals surface area contributed by atoms with Gasteiger partial charge in [0.25, 0.3) is 0 Å². The fourth-order valence-corrected chi connectivity index (χ4v) is 4.01. The Hall–Kier alpha value is -4.06. The predicted octanol–water partition coefficient (Wildman–Crippen LogP) is 5.93. The van der Waals surface area contributed by atoms with E-state index in [0.717, 1.165) is 50.1 Å². The maximum Gasteiger partial charge on any atom is 0.244 e. The Balaban J connectivity index is 1.68. The van der Waals surface area contributed by atoms with Crippen LogP contribution in [-0.2, 0) is 11.3 Å². The van der Waals surface area contributed by atoms with Crippen molar-refractivity contribution in [2.45, 2.75) is 27.3 Å². The average Bonchev–Trinajstić information content (AvgIpc) is 3.28. The fourth-order valence-electron chi connectivity index (χ4n) is 4.01. The molecule has 1 amide bonds. The lowest BCUT2D eigenvalue weighted by molar-refractivity contribution is -0.116. The first-order valence-corrected chi connectivity index (χ1v) is 11.2. The van der Waals surface area contributed by atoms with Gasteiger partial charge in [-0.1, -0.05) is 12.1 Å². The second-order valence-electron chi connectivity index (χ2n) is 7.97. The van der Waals surface area contributed by atoms with Crippen LogP contribution in [0.4, 0.5) is 0 Å². The number of rotatable bonds is 8. The molecule has 1 N–H and O–H groups in total. The smallest absolute Gasteiger partial charge is 0.244 e. The van der Waals surface area contributed by atoms with Crippen molar-refractivity contribution in [3.63, 3.8) is 0 Å². The number of ether oxygens (including phenoxy) is 2. The van der Waals surface area contributed by atoms with E-state index in [9.17, 15) is 4.79 Å². The number of amides is 1. The van der Waals surface area contributed by atoms with E-state index >= 15 is 0 Å². The summed E-state index contributed by atoms with van der Waals surface area (Å²) in [6.45, 7) is 6.89. The maximum absolute atomic E-state index is 12.6. The number of furan rings is 1. The maximum atomic E-state index is 12.6. The summed E-state index contributed by atoms with van der Waals surface area (Å²) in [5, 5.41) is 3.88. The predicted molar refractivity (Wildman–Crippen MR) is 134 cm³/mol. The lowest BCUT2D eigenvalue weighted by Gasteiger charge is -2.13. The molecule has 0 aliphatic carbocycles. The summed E-state index contributed by atoms with van der Waals surface area (Å²) < 4.78 is 17.2. The summed E-state index contributed by atoms with van der Waals surface area (Å²) >= 11 is 0. The van der Waals surface area contributed by atoms with Crippen molar-refractivity contribution in [1.29, 1.82) is 0 Å². The second-order valence-corrected chi connectivity index (χ2v) is 7.97. The first-order chi connectivity index (χ1) is 16.5. The number of benzene rings is 2. The van der Waals surface area contributed by atoms with Gasteiger partial charge >= 0.3 is 0 Å². The van der Waals surface area contributed by atoms with Gasteiger partial charge in [0.2, 0.25) is 5.91 Å². The molecule has 0 saturated carbocycles. The zero-order valence-corrected chi connectivity index (χ0v) is 19.8. The van der Waals surface area contributed by atoms with Crippen molar-refractivity contribution in [2.75, 3.05) is 13.7 Å². The van der Waals surface area contributed by atoms with Crippen LogP contribution in [0, 0.1) is 6.92 Å². The molecule has 0 aliphatic heterocycles. The van der Waals surface area contributed by atoms with Crippen LogP contribution in [0.2, 0.25) is 0 Å². The van der Waals surface area contributed by atoms with Crippen LogP contribution in [0.15, 0.2) is 71.6 Å². The van der Waals surface area contributed by atoms with Gasteiger partial charge in [-0.2, -0.15) is 0 Å². The van der Waals surface area contributed by atoms with Gasteiger partial charge in [0.15, 0.2) is 0 Å². The van der Waals surface area contributed by atoms with Gasteiger partial charge in [-0.05, 0) is 67.8 Å². The number of fused-ring (bicyclic) bond motifs is 1. The van der Waals surface area contributed by atoms with E-state index in [1.807, 2.05) is 63.2 Å². The Morgan fingerprint density at radius 2 is 1.88 bits per heavy atom. The highest BCUT2D eigenvalue weighted by atomic mass is 16.5. The monoisotopic (exact) mass is 456 g/mol. The Morgan fingerprint density at radius 1 is 1.15 bits per heavy atom. The first kappa shape index (κ1) is 23.1. The van der Waals surface area contributed by atoms with Gasteiger partial charge in [0, 0.05) is 47.1 Å². The number of allylic oxidation sites excluding steroid dienone is 1. The molecule has 2 aromatic carbocycles. The third-order valence-corrected chi connectivity index (χ3v) is 5.71. The minimum Gasteiger partial charge on any atom is -0.496 e. The van der Waals surface area contributed by atoms with Crippen LogP contribution in [0.25, 0.3) is 27.7 Å². The molecular weight excluding hydrogens is 428 g/mol. The molecule has 0 atom stereocenters. The normalized spacial score (nSPS) is 11.5. The number of aryl methyl sites for hydroxylation is 1. The third-order valence-electron chi connectivity index (χ3n) is 5.71. The molecular formula is C28H28N2O4. The highest BCUT2D eigenvalue weighted by Crippen LogP contribution is 2.40. The first-order valence-electron chi connectivity index (χ1n) is 11.2. The minimum atomic E-state index is -0.173. The number of aromatic nitrogens is 1. The summed E-state index contributed by atoms with van der Waals surface area (Å²) in [5.41, 5.74) is 6.28. The van der Waals surface area contributed by atoms with Gasteiger partial charge in [-0.15, -0.1) is 0 Å². The van der Waals surface area contributed by atoms with E-state index in [-0.39, 0.29) is 5.91 Å². The Bertz CT molecular complexity index is 1320. The zero-order valence-electron chi connectivity index (χ0n) is 19.8. The fraction of sp³-hybridized carbons (Fsp3) is 0.214. The van der Waals surface area contributed by atoms with Gasteiger partial charge in [-0.3, -0.25) is 9.78 Å². The van der Waals surface area contributed by atoms with E-state index in [0.29, 0.717) is 18.9 Å². The molecule has 6 nitrogen and oxygen atoms in total. The Kier molecular flexibility index (Phi) is 6.97. The van der Waals surface area contributed by atoms with Crippen molar-refractivity contribution in [3.8, 4) is 22.6 Å².